The zero-order valence-electron chi connectivity index (χ0n) is 16.8. The van der Waals surface area contributed by atoms with Crippen molar-refractivity contribution in [3.05, 3.63) is 60.9 Å². The summed E-state index contributed by atoms with van der Waals surface area (Å²) >= 11 is 0. The molecule has 3 aromatic rings. The van der Waals surface area contributed by atoms with Crippen LogP contribution in [0.25, 0.3) is 11.0 Å². The van der Waals surface area contributed by atoms with Crippen LogP contribution in [0.2, 0.25) is 0 Å². The van der Waals surface area contributed by atoms with E-state index < -0.39 is 0 Å². The van der Waals surface area contributed by atoms with Crippen LogP contribution in [0.1, 0.15) is 25.7 Å². The minimum atomic E-state index is -0.156. The van der Waals surface area contributed by atoms with E-state index in [-0.39, 0.29) is 31.1 Å². The molecule has 0 aliphatic heterocycles. The Morgan fingerprint density at radius 2 is 1.83 bits per heavy atom. The second-order valence-electron chi connectivity index (χ2n) is 6.92. The minimum Gasteiger partial charge on any atom is -0.356 e. The lowest BCUT2D eigenvalue weighted by Gasteiger charge is -2.21. The van der Waals surface area contributed by atoms with E-state index >= 15 is 0 Å². The number of nitriles is 1. The number of para-hydroxylation sites is 3. The third kappa shape index (κ3) is 5.67. The van der Waals surface area contributed by atoms with Crippen LogP contribution in [0.15, 0.2) is 60.9 Å². The average Bonchev–Trinajstić information content (AvgIpc) is 3.19. The van der Waals surface area contributed by atoms with Crippen molar-refractivity contribution in [1.82, 2.24) is 14.9 Å². The number of hydrogen-bond acceptors (Lipinski definition) is 4. The number of imidazole rings is 1. The molecular weight excluding hydrogens is 378 g/mol. The standard InChI is InChI=1S/C23H25N5O2/c24-14-6-17-28(19-8-2-1-3-9-19)23(30)13-12-22(29)25-15-7-16-27-18-26-20-10-4-5-11-21(20)27/h1-5,8-11,18H,6-7,12-13,15-17H2,(H,25,29). The van der Waals surface area contributed by atoms with E-state index in [1.165, 1.54) is 0 Å². The van der Waals surface area contributed by atoms with Gasteiger partial charge in [-0.25, -0.2) is 4.98 Å². The molecule has 2 aromatic carbocycles. The lowest BCUT2D eigenvalue weighted by atomic mass is 10.2. The van der Waals surface area contributed by atoms with Crippen molar-refractivity contribution >= 4 is 28.5 Å². The van der Waals surface area contributed by atoms with E-state index in [4.69, 9.17) is 5.26 Å². The number of nitrogens with zero attached hydrogens (tertiary/aromatic N) is 4. The molecule has 3 rings (SSSR count). The summed E-state index contributed by atoms with van der Waals surface area (Å²) in [6.07, 6.45) is 3.07. The number of aryl methyl sites for hydroxylation is 1. The second kappa shape index (κ2) is 10.8. The number of fused-ring (bicyclic) bond motifs is 1. The number of carbonyl (C=O) groups excluding carboxylic acids is 2. The first-order valence-corrected chi connectivity index (χ1v) is 10.1. The van der Waals surface area contributed by atoms with Crippen LogP contribution in [-0.4, -0.2) is 34.5 Å². The summed E-state index contributed by atoms with van der Waals surface area (Å²) in [5.74, 6) is -0.302. The quantitative estimate of drug-likeness (QED) is 0.526. The van der Waals surface area contributed by atoms with Crippen molar-refractivity contribution in [2.75, 3.05) is 18.0 Å². The van der Waals surface area contributed by atoms with Gasteiger partial charge in [0.15, 0.2) is 0 Å². The van der Waals surface area contributed by atoms with Gasteiger partial charge in [-0.1, -0.05) is 30.3 Å². The van der Waals surface area contributed by atoms with Gasteiger partial charge in [-0.15, -0.1) is 0 Å². The van der Waals surface area contributed by atoms with Crippen molar-refractivity contribution in [2.45, 2.75) is 32.2 Å². The molecule has 7 nitrogen and oxygen atoms in total. The molecule has 30 heavy (non-hydrogen) atoms. The largest absolute Gasteiger partial charge is 0.356 e. The molecule has 0 unspecified atom stereocenters. The summed E-state index contributed by atoms with van der Waals surface area (Å²) in [6.45, 7) is 1.62. The highest BCUT2D eigenvalue weighted by atomic mass is 16.2. The van der Waals surface area contributed by atoms with Gasteiger partial charge < -0.3 is 14.8 Å². The predicted octanol–water partition coefficient (Wildman–Crippen LogP) is 3.27. The van der Waals surface area contributed by atoms with E-state index in [2.05, 4.69) is 20.9 Å². The summed E-state index contributed by atoms with van der Waals surface area (Å²) < 4.78 is 2.07. The van der Waals surface area contributed by atoms with Gasteiger partial charge >= 0.3 is 0 Å². The van der Waals surface area contributed by atoms with Crippen LogP contribution >= 0.6 is 0 Å². The van der Waals surface area contributed by atoms with Crippen LogP contribution in [0.5, 0.6) is 0 Å². The van der Waals surface area contributed by atoms with Gasteiger partial charge in [0.1, 0.15) is 0 Å². The number of carbonyl (C=O) groups is 2. The molecule has 0 spiro atoms. The monoisotopic (exact) mass is 403 g/mol. The Labute approximate surface area is 175 Å². The number of amides is 2. The molecule has 0 radical (unpaired) electrons. The average molecular weight is 403 g/mol. The van der Waals surface area contributed by atoms with Crippen molar-refractivity contribution < 1.29 is 9.59 Å². The Bertz CT molecular complexity index is 1020. The zero-order valence-corrected chi connectivity index (χ0v) is 16.8. The fourth-order valence-electron chi connectivity index (χ4n) is 3.28. The van der Waals surface area contributed by atoms with E-state index in [1.807, 2.05) is 60.9 Å². The molecule has 0 fully saturated rings. The van der Waals surface area contributed by atoms with Crippen LogP contribution < -0.4 is 10.2 Å². The molecule has 0 aliphatic rings. The molecule has 7 heteroatoms. The maximum absolute atomic E-state index is 12.6. The van der Waals surface area contributed by atoms with Gasteiger partial charge in [0.25, 0.3) is 0 Å². The molecule has 1 N–H and O–H groups in total. The minimum absolute atomic E-state index is 0.109. The summed E-state index contributed by atoms with van der Waals surface area (Å²) in [6, 6.07) is 19.2. The molecule has 0 saturated carbocycles. The lowest BCUT2D eigenvalue weighted by Crippen LogP contribution is -2.33. The fraction of sp³-hybridized carbons (Fsp3) is 0.304. The van der Waals surface area contributed by atoms with Crippen LogP contribution in [0.4, 0.5) is 5.69 Å². The summed E-state index contributed by atoms with van der Waals surface area (Å²) in [5, 5.41) is 11.7. The van der Waals surface area contributed by atoms with Crippen molar-refractivity contribution in [1.29, 1.82) is 5.26 Å². The molecule has 0 saturated heterocycles. The number of anilines is 1. The Morgan fingerprint density at radius 3 is 2.63 bits per heavy atom. The highest BCUT2D eigenvalue weighted by Crippen LogP contribution is 2.16. The van der Waals surface area contributed by atoms with Crippen molar-refractivity contribution in [3.63, 3.8) is 0 Å². The maximum atomic E-state index is 12.6. The number of hydrogen-bond donors (Lipinski definition) is 1. The lowest BCUT2D eigenvalue weighted by molar-refractivity contribution is -0.125. The predicted molar refractivity (Wildman–Crippen MR) is 116 cm³/mol. The summed E-state index contributed by atoms with van der Waals surface area (Å²) in [4.78, 5) is 30.7. The Hall–Kier alpha value is -3.66. The second-order valence-corrected chi connectivity index (χ2v) is 6.92. The van der Waals surface area contributed by atoms with Gasteiger partial charge in [-0.3, -0.25) is 9.59 Å². The highest BCUT2D eigenvalue weighted by molar-refractivity contribution is 5.95. The van der Waals surface area contributed by atoms with E-state index in [0.29, 0.717) is 13.1 Å². The molecular formula is C23H25N5O2. The molecule has 0 atom stereocenters. The molecule has 0 bridgehead atoms. The van der Waals surface area contributed by atoms with Gasteiger partial charge in [0.05, 0.1) is 29.9 Å². The maximum Gasteiger partial charge on any atom is 0.227 e. The number of rotatable bonds is 10. The van der Waals surface area contributed by atoms with Crippen LogP contribution in [0, 0.1) is 11.3 Å². The summed E-state index contributed by atoms with van der Waals surface area (Å²) in [7, 11) is 0. The van der Waals surface area contributed by atoms with Crippen molar-refractivity contribution in [2.24, 2.45) is 0 Å². The normalized spacial score (nSPS) is 10.5. The molecule has 1 heterocycles. The van der Waals surface area contributed by atoms with Gasteiger partial charge in [0, 0.05) is 38.2 Å². The van der Waals surface area contributed by atoms with Gasteiger partial charge in [-0.05, 0) is 30.7 Å². The molecule has 1 aromatic heterocycles. The zero-order chi connectivity index (χ0) is 21.2. The number of benzene rings is 2. The molecule has 0 aliphatic carbocycles. The van der Waals surface area contributed by atoms with Crippen LogP contribution in [0.3, 0.4) is 0 Å². The summed E-state index contributed by atoms with van der Waals surface area (Å²) in [5.41, 5.74) is 2.78. The van der Waals surface area contributed by atoms with Crippen LogP contribution in [-0.2, 0) is 16.1 Å². The van der Waals surface area contributed by atoms with Crippen molar-refractivity contribution in [3.8, 4) is 6.07 Å². The van der Waals surface area contributed by atoms with E-state index in [0.717, 1.165) is 29.7 Å². The Balaban J connectivity index is 1.42. The van der Waals surface area contributed by atoms with Gasteiger partial charge in [0.2, 0.25) is 11.8 Å². The fourth-order valence-corrected chi connectivity index (χ4v) is 3.28. The van der Waals surface area contributed by atoms with Gasteiger partial charge in [-0.2, -0.15) is 5.26 Å². The third-order valence-electron chi connectivity index (χ3n) is 4.81. The Kier molecular flexibility index (Phi) is 7.56. The molecule has 154 valence electrons. The smallest absolute Gasteiger partial charge is 0.227 e. The SMILES string of the molecule is N#CCCN(C(=O)CCC(=O)NCCCn1cnc2ccccc21)c1ccccc1. The first-order valence-electron chi connectivity index (χ1n) is 10.1. The number of aromatic nitrogens is 2. The third-order valence-corrected chi connectivity index (χ3v) is 4.81. The van der Waals surface area contributed by atoms with E-state index in [9.17, 15) is 9.59 Å². The van der Waals surface area contributed by atoms with E-state index in [1.54, 1.807) is 4.90 Å². The highest BCUT2D eigenvalue weighted by Gasteiger charge is 2.16. The Morgan fingerprint density at radius 1 is 1.07 bits per heavy atom. The topological polar surface area (TPSA) is 91.0 Å². The first-order chi connectivity index (χ1) is 14.7. The first kappa shape index (κ1) is 21.1. The molecule has 2 amide bonds. The number of nitrogens with one attached hydrogen (secondary N) is 1.